The summed E-state index contributed by atoms with van der Waals surface area (Å²) in [6.45, 7) is 1.24. The third kappa shape index (κ3) is 5.63. The van der Waals surface area contributed by atoms with Crippen LogP contribution in [-0.2, 0) is 16.0 Å². The number of nitro groups is 1. The van der Waals surface area contributed by atoms with Gasteiger partial charge in [0, 0.05) is 31.0 Å². The molecule has 2 aromatic rings. The summed E-state index contributed by atoms with van der Waals surface area (Å²) in [5.41, 5.74) is 6.05. The second-order valence-corrected chi connectivity index (χ2v) is 5.68. The van der Waals surface area contributed by atoms with Crippen LogP contribution in [0.2, 0.25) is 0 Å². The number of carbonyl (C=O) groups excluding carboxylic acids is 3. The van der Waals surface area contributed by atoms with Crippen molar-refractivity contribution in [2.75, 3.05) is 0 Å². The molecule has 0 radical (unpaired) electrons. The van der Waals surface area contributed by atoms with Crippen LogP contribution in [-0.4, -0.2) is 28.7 Å². The minimum Gasteiger partial charge on any atom is -0.427 e. The second-order valence-electron chi connectivity index (χ2n) is 5.68. The number of nitro benzene ring substituents is 1. The van der Waals surface area contributed by atoms with E-state index >= 15 is 0 Å². The molecular weight excluding hydrogens is 354 g/mol. The number of hydrogen-bond donors (Lipinski definition) is 2. The molecule has 9 nitrogen and oxygen atoms in total. The predicted molar refractivity (Wildman–Crippen MR) is 95.0 cm³/mol. The number of esters is 1. The average Bonchev–Trinajstić information content (AvgIpc) is 2.61. The number of benzene rings is 2. The minimum atomic E-state index is -1.02. The normalized spacial score (nSPS) is 11.3. The van der Waals surface area contributed by atoms with Crippen LogP contribution in [0.1, 0.15) is 22.8 Å². The summed E-state index contributed by atoms with van der Waals surface area (Å²) in [5.74, 6) is -1.66. The highest BCUT2D eigenvalue weighted by atomic mass is 16.6. The van der Waals surface area contributed by atoms with E-state index < -0.39 is 28.7 Å². The third-order valence-electron chi connectivity index (χ3n) is 3.59. The van der Waals surface area contributed by atoms with Crippen molar-refractivity contribution in [1.29, 1.82) is 0 Å². The van der Waals surface area contributed by atoms with E-state index in [4.69, 9.17) is 10.5 Å². The number of ether oxygens (including phenoxy) is 1. The lowest BCUT2D eigenvalue weighted by Gasteiger charge is -2.16. The first-order valence-corrected chi connectivity index (χ1v) is 7.88. The quantitative estimate of drug-likeness (QED) is 0.326. The van der Waals surface area contributed by atoms with E-state index in [9.17, 15) is 24.5 Å². The summed E-state index contributed by atoms with van der Waals surface area (Å²) in [6.07, 6.45) is 0.0721. The highest BCUT2D eigenvalue weighted by molar-refractivity contribution is 5.97. The highest BCUT2D eigenvalue weighted by Crippen LogP contribution is 2.15. The second kappa shape index (κ2) is 8.56. The Kier molecular flexibility index (Phi) is 6.21. The summed E-state index contributed by atoms with van der Waals surface area (Å²) in [4.78, 5) is 45.2. The SMILES string of the molecule is CC(=O)Oc1cccc(C(=O)N[C@H](Cc2ccc([N+](=O)[O-])cc2)C(N)=O)c1. The van der Waals surface area contributed by atoms with E-state index in [1.54, 1.807) is 0 Å². The van der Waals surface area contributed by atoms with Gasteiger partial charge in [-0.2, -0.15) is 0 Å². The smallest absolute Gasteiger partial charge is 0.308 e. The van der Waals surface area contributed by atoms with Crippen LogP contribution in [0, 0.1) is 10.1 Å². The van der Waals surface area contributed by atoms with E-state index in [0.717, 1.165) is 0 Å². The van der Waals surface area contributed by atoms with Crippen molar-refractivity contribution in [3.05, 3.63) is 69.8 Å². The van der Waals surface area contributed by atoms with Gasteiger partial charge in [-0.1, -0.05) is 18.2 Å². The standard InChI is InChI=1S/C18H17N3O6/c1-11(22)27-15-4-2-3-13(10-15)18(24)20-16(17(19)23)9-12-5-7-14(8-6-12)21(25)26/h2-8,10,16H,9H2,1H3,(H2,19,23)(H,20,24)/t16-/m1/s1. The van der Waals surface area contributed by atoms with Gasteiger partial charge in [-0.3, -0.25) is 24.5 Å². The monoisotopic (exact) mass is 371 g/mol. The van der Waals surface area contributed by atoms with Crippen molar-refractivity contribution in [1.82, 2.24) is 5.32 Å². The van der Waals surface area contributed by atoms with Crippen molar-refractivity contribution in [2.24, 2.45) is 5.73 Å². The van der Waals surface area contributed by atoms with E-state index in [-0.39, 0.29) is 23.4 Å². The number of carbonyl (C=O) groups is 3. The Morgan fingerprint density at radius 3 is 2.41 bits per heavy atom. The van der Waals surface area contributed by atoms with Gasteiger partial charge in [0.2, 0.25) is 5.91 Å². The molecule has 0 bridgehead atoms. The van der Waals surface area contributed by atoms with Crippen LogP contribution < -0.4 is 15.8 Å². The molecular formula is C18H17N3O6. The number of primary amides is 1. The molecule has 140 valence electrons. The number of nitrogens with zero attached hydrogens (tertiary/aromatic N) is 1. The number of hydrogen-bond acceptors (Lipinski definition) is 6. The summed E-state index contributed by atoms with van der Waals surface area (Å²) >= 11 is 0. The van der Waals surface area contributed by atoms with Crippen LogP contribution in [0.15, 0.2) is 48.5 Å². The first-order chi connectivity index (χ1) is 12.8. The molecule has 0 aliphatic heterocycles. The Hall–Kier alpha value is -3.75. The fourth-order valence-electron chi connectivity index (χ4n) is 2.32. The van der Waals surface area contributed by atoms with Gasteiger partial charge in [0.1, 0.15) is 11.8 Å². The maximum absolute atomic E-state index is 12.4. The maximum atomic E-state index is 12.4. The number of amides is 2. The Morgan fingerprint density at radius 2 is 1.85 bits per heavy atom. The Bertz CT molecular complexity index is 879. The van der Waals surface area contributed by atoms with E-state index in [1.807, 2.05) is 0 Å². The number of rotatable bonds is 7. The molecule has 0 saturated carbocycles. The zero-order valence-corrected chi connectivity index (χ0v) is 14.4. The molecule has 0 heterocycles. The van der Waals surface area contributed by atoms with Crippen LogP contribution in [0.5, 0.6) is 5.75 Å². The molecule has 3 N–H and O–H groups in total. The molecule has 1 atom stereocenters. The van der Waals surface area contributed by atoms with Gasteiger partial charge in [-0.25, -0.2) is 0 Å². The van der Waals surface area contributed by atoms with Crippen LogP contribution >= 0.6 is 0 Å². The molecule has 0 spiro atoms. The minimum absolute atomic E-state index is 0.0721. The topological polar surface area (TPSA) is 142 Å². The molecule has 2 amide bonds. The van der Waals surface area contributed by atoms with Gasteiger partial charge in [0.05, 0.1) is 4.92 Å². The lowest BCUT2D eigenvalue weighted by atomic mass is 10.0. The molecule has 9 heteroatoms. The van der Waals surface area contributed by atoms with Crippen LogP contribution in [0.4, 0.5) is 5.69 Å². The molecule has 0 aliphatic carbocycles. The van der Waals surface area contributed by atoms with Crippen molar-refractivity contribution >= 4 is 23.5 Å². The van der Waals surface area contributed by atoms with E-state index in [1.165, 1.54) is 55.5 Å². The van der Waals surface area contributed by atoms with Gasteiger partial charge < -0.3 is 15.8 Å². The molecule has 0 aromatic heterocycles. The van der Waals surface area contributed by atoms with Crippen molar-refractivity contribution in [3.8, 4) is 5.75 Å². The van der Waals surface area contributed by atoms with Crippen LogP contribution in [0.3, 0.4) is 0 Å². The predicted octanol–water partition coefficient (Wildman–Crippen LogP) is 1.35. The molecule has 0 fully saturated rings. The molecule has 0 saturated heterocycles. The number of nitrogens with two attached hydrogens (primary N) is 1. The summed E-state index contributed by atoms with van der Waals surface area (Å²) in [5, 5.41) is 13.2. The molecule has 0 unspecified atom stereocenters. The van der Waals surface area contributed by atoms with Crippen LogP contribution in [0.25, 0.3) is 0 Å². The lowest BCUT2D eigenvalue weighted by Crippen LogP contribution is -2.45. The summed E-state index contributed by atoms with van der Waals surface area (Å²) in [7, 11) is 0. The van der Waals surface area contributed by atoms with Gasteiger partial charge in [-0.05, 0) is 23.8 Å². The maximum Gasteiger partial charge on any atom is 0.308 e. The first kappa shape index (κ1) is 19.6. The van der Waals surface area contributed by atoms with Crippen molar-refractivity contribution < 1.29 is 24.0 Å². The highest BCUT2D eigenvalue weighted by Gasteiger charge is 2.20. The van der Waals surface area contributed by atoms with Gasteiger partial charge in [0.15, 0.2) is 0 Å². The Morgan fingerprint density at radius 1 is 1.19 bits per heavy atom. The Balaban J connectivity index is 2.11. The summed E-state index contributed by atoms with van der Waals surface area (Å²) < 4.78 is 4.92. The van der Waals surface area contributed by atoms with Gasteiger partial charge >= 0.3 is 5.97 Å². The molecule has 2 rings (SSSR count). The number of non-ortho nitro benzene ring substituents is 1. The molecule has 2 aromatic carbocycles. The van der Waals surface area contributed by atoms with Gasteiger partial charge in [0.25, 0.3) is 11.6 Å². The zero-order valence-electron chi connectivity index (χ0n) is 14.4. The fraction of sp³-hybridized carbons (Fsp3) is 0.167. The third-order valence-corrected chi connectivity index (χ3v) is 3.59. The van der Waals surface area contributed by atoms with E-state index in [2.05, 4.69) is 5.32 Å². The average molecular weight is 371 g/mol. The number of nitrogens with one attached hydrogen (secondary N) is 1. The molecule has 0 aliphatic rings. The zero-order chi connectivity index (χ0) is 20.0. The molecule has 27 heavy (non-hydrogen) atoms. The van der Waals surface area contributed by atoms with Crippen molar-refractivity contribution in [3.63, 3.8) is 0 Å². The Labute approximate surface area is 154 Å². The van der Waals surface area contributed by atoms with Crippen molar-refractivity contribution in [2.45, 2.75) is 19.4 Å². The largest absolute Gasteiger partial charge is 0.427 e. The van der Waals surface area contributed by atoms with E-state index in [0.29, 0.717) is 5.56 Å². The van der Waals surface area contributed by atoms with Gasteiger partial charge in [-0.15, -0.1) is 0 Å². The lowest BCUT2D eigenvalue weighted by molar-refractivity contribution is -0.384. The fourth-order valence-corrected chi connectivity index (χ4v) is 2.32. The summed E-state index contributed by atoms with van der Waals surface area (Å²) in [6, 6.07) is 10.5. The first-order valence-electron chi connectivity index (χ1n) is 7.88.